The Morgan fingerprint density at radius 3 is 2.23 bits per heavy atom. The molecule has 0 radical (unpaired) electrons. The second-order valence-electron chi connectivity index (χ2n) is 7.10. The van der Waals surface area contributed by atoms with Gasteiger partial charge in [-0.3, -0.25) is 0 Å². The summed E-state index contributed by atoms with van der Waals surface area (Å²) in [4.78, 5) is 0. The van der Waals surface area contributed by atoms with Gasteiger partial charge in [0.05, 0.1) is 13.3 Å². The maximum atomic E-state index is 6.02. The predicted octanol–water partition coefficient (Wildman–Crippen LogP) is 5.03. The lowest BCUT2D eigenvalue weighted by molar-refractivity contribution is 0.296. The van der Waals surface area contributed by atoms with Gasteiger partial charge in [-0.25, -0.2) is 4.68 Å². The van der Waals surface area contributed by atoms with Crippen LogP contribution in [0.5, 0.6) is 11.5 Å². The molecule has 0 fully saturated rings. The van der Waals surface area contributed by atoms with Crippen LogP contribution in [0.3, 0.4) is 0 Å². The number of benzene rings is 3. The van der Waals surface area contributed by atoms with Crippen molar-refractivity contribution >= 4 is 6.21 Å². The Hall–Kier alpha value is -3.93. The zero-order valence-corrected chi connectivity index (χ0v) is 17.8. The summed E-state index contributed by atoms with van der Waals surface area (Å²) >= 11 is 0. The van der Waals surface area contributed by atoms with E-state index in [0.29, 0.717) is 6.61 Å². The highest BCUT2D eigenvalue weighted by molar-refractivity contribution is 5.80. The predicted molar refractivity (Wildman–Crippen MR) is 122 cm³/mol. The lowest BCUT2D eigenvalue weighted by atomic mass is 10.1. The van der Waals surface area contributed by atoms with E-state index in [4.69, 9.17) is 9.47 Å². The second kappa shape index (κ2) is 9.26. The molecule has 6 nitrogen and oxygen atoms in total. The molecule has 0 bridgehead atoms. The molecule has 4 rings (SSSR count). The topological polar surface area (TPSA) is 61.5 Å². The monoisotopic (exact) mass is 412 g/mol. The van der Waals surface area contributed by atoms with Gasteiger partial charge in [0.25, 0.3) is 0 Å². The van der Waals surface area contributed by atoms with Crippen LogP contribution in [-0.2, 0) is 6.61 Å². The van der Waals surface area contributed by atoms with Gasteiger partial charge in [-0.15, -0.1) is 10.2 Å². The molecule has 0 unspecified atom stereocenters. The Morgan fingerprint density at radius 2 is 1.55 bits per heavy atom. The fourth-order valence-electron chi connectivity index (χ4n) is 3.28. The number of aromatic nitrogens is 3. The smallest absolute Gasteiger partial charge is 0.151 e. The average Bonchev–Trinajstić information content (AvgIpc) is 3.14. The van der Waals surface area contributed by atoms with Gasteiger partial charge in [0.15, 0.2) is 11.6 Å². The molecule has 1 aromatic heterocycles. The number of nitrogens with zero attached hydrogens (tertiary/aromatic N) is 4. The highest BCUT2D eigenvalue weighted by atomic mass is 16.5. The zero-order valence-electron chi connectivity index (χ0n) is 17.8. The van der Waals surface area contributed by atoms with Crippen molar-refractivity contribution in [3.05, 3.63) is 95.6 Å². The van der Waals surface area contributed by atoms with Crippen LogP contribution in [0, 0.1) is 13.8 Å². The molecule has 3 aromatic carbocycles. The summed E-state index contributed by atoms with van der Waals surface area (Å²) in [5.74, 6) is 3.06. The van der Waals surface area contributed by atoms with E-state index < -0.39 is 0 Å². The molecule has 156 valence electrons. The fourth-order valence-corrected chi connectivity index (χ4v) is 3.28. The van der Waals surface area contributed by atoms with E-state index in [1.165, 1.54) is 5.56 Å². The van der Waals surface area contributed by atoms with Gasteiger partial charge in [-0.2, -0.15) is 5.10 Å². The van der Waals surface area contributed by atoms with Crippen LogP contribution in [0.15, 0.2) is 77.9 Å². The highest BCUT2D eigenvalue weighted by Gasteiger charge is 2.07. The summed E-state index contributed by atoms with van der Waals surface area (Å²) in [6.45, 7) is 4.13. The SMILES string of the molecule is COc1ccc(C=Nn2c(C)nnc2C)cc1COc1ccc(-c2ccccc2)cc1. The van der Waals surface area contributed by atoms with Crippen molar-refractivity contribution in [1.82, 2.24) is 14.9 Å². The van der Waals surface area contributed by atoms with E-state index in [9.17, 15) is 0 Å². The number of methoxy groups -OCH3 is 1. The molecule has 0 aliphatic heterocycles. The first-order valence-electron chi connectivity index (χ1n) is 10.0. The Labute approximate surface area is 181 Å². The molecular formula is C25H24N4O2. The summed E-state index contributed by atoms with van der Waals surface area (Å²) in [6.07, 6.45) is 1.78. The fraction of sp³-hybridized carbons (Fsp3) is 0.160. The van der Waals surface area contributed by atoms with Gasteiger partial charge in [0, 0.05) is 5.56 Å². The first kappa shape index (κ1) is 20.3. The summed E-state index contributed by atoms with van der Waals surface area (Å²) in [5, 5.41) is 12.5. The first-order chi connectivity index (χ1) is 15.1. The summed E-state index contributed by atoms with van der Waals surface area (Å²) in [6, 6.07) is 24.3. The van der Waals surface area contributed by atoms with E-state index in [1.54, 1.807) is 18.0 Å². The minimum atomic E-state index is 0.389. The molecule has 6 heteroatoms. The molecule has 0 spiro atoms. The molecule has 31 heavy (non-hydrogen) atoms. The zero-order chi connectivity index (χ0) is 21.6. The summed E-state index contributed by atoms with van der Waals surface area (Å²) in [5.41, 5.74) is 4.21. The van der Waals surface area contributed by atoms with Gasteiger partial charge >= 0.3 is 0 Å². The third-order valence-electron chi connectivity index (χ3n) is 4.94. The average molecular weight is 412 g/mol. The number of rotatable bonds is 7. The molecule has 0 atom stereocenters. The van der Waals surface area contributed by atoms with Crippen LogP contribution >= 0.6 is 0 Å². The number of hydrogen-bond donors (Lipinski definition) is 0. The maximum absolute atomic E-state index is 6.02. The third-order valence-corrected chi connectivity index (χ3v) is 4.94. The quantitative estimate of drug-likeness (QED) is 0.399. The lowest BCUT2D eigenvalue weighted by Gasteiger charge is -2.12. The molecule has 0 aliphatic rings. The summed E-state index contributed by atoms with van der Waals surface area (Å²) < 4.78 is 13.2. The molecule has 0 N–H and O–H groups in total. The van der Waals surface area contributed by atoms with Crippen LogP contribution < -0.4 is 9.47 Å². The first-order valence-corrected chi connectivity index (χ1v) is 10.0. The molecule has 0 amide bonds. The van der Waals surface area contributed by atoms with Crippen LogP contribution in [0.2, 0.25) is 0 Å². The Morgan fingerprint density at radius 1 is 0.871 bits per heavy atom. The number of ether oxygens (including phenoxy) is 2. The Bertz CT molecular complexity index is 1160. The lowest BCUT2D eigenvalue weighted by Crippen LogP contribution is -2.01. The maximum Gasteiger partial charge on any atom is 0.151 e. The second-order valence-corrected chi connectivity index (χ2v) is 7.10. The van der Waals surface area contributed by atoms with Crippen LogP contribution in [0.25, 0.3) is 11.1 Å². The van der Waals surface area contributed by atoms with Crippen molar-refractivity contribution in [3.8, 4) is 22.6 Å². The van der Waals surface area contributed by atoms with Crippen LogP contribution in [0.1, 0.15) is 22.8 Å². The minimum Gasteiger partial charge on any atom is -0.496 e. The van der Waals surface area contributed by atoms with E-state index in [2.05, 4.69) is 39.6 Å². The van der Waals surface area contributed by atoms with Crippen molar-refractivity contribution in [2.75, 3.05) is 7.11 Å². The van der Waals surface area contributed by atoms with Gasteiger partial charge in [0.1, 0.15) is 18.1 Å². The van der Waals surface area contributed by atoms with Crippen LogP contribution in [-0.4, -0.2) is 28.2 Å². The van der Waals surface area contributed by atoms with E-state index in [1.807, 2.05) is 62.4 Å². The third kappa shape index (κ3) is 4.80. The van der Waals surface area contributed by atoms with Crippen LogP contribution in [0.4, 0.5) is 0 Å². The van der Waals surface area contributed by atoms with Gasteiger partial charge in [-0.05, 0) is 60.9 Å². The van der Waals surface area contributed by atoms with Gasteiger partial charge in [0.2, 0.25) is 0 Å². The normalized spacial score (nSPS) is 11.1. The highest BCUT2D eigenvalue weighted by Crippen LogP contribution is 2.25. The van der Waals surface area contributed by atoms with E-state index in [0.717, 1.165) is 39.8 Å². The van der Waals surface area contributed by atoms with Crippen molar-refractivity contribution in [1.29, 1.82) is 0 Å². The largest absolute Gasteiger partial charge is 0.496 e. The summed E-state index contributed by atoms with van der Waals surface area (Å²) in [7, 11) is 1.66. The molecule has 0 saturated carbocycles. The number of hydrogen-bond acceptors (Lipinski definition) is 5. The van der Waals surface area contributed by atoms with Gasteiger partial charge < -0.3 is 9.47 Å². The Kier molecular flexibility index (Phi) is 6.08. The minimum absolute atomic E-state index is 0.389. The van der Waals surface area contributed by atoms with Crippen molar-refractivity contribution < 1.29 is 9.47 Å². The van der Waals surface area contributed by atoms with E-state index >= 15 is 0 Å². The molecular weight excluding hydrogens is 388 g/mol. The standard InChI is InChI=1S/C25H24N4O2/c1-18-27-28-19(2)29(18)26-16-20-9-14-25(30-3)23(15-20)17-31-24-12-10-22(11-13-24)21-7-5-4-6-8-21/h4-16H,17H2,1-3H3. The van der Waals surface area contributed by atoms with Crippen molar-refractivity contribution in [2.45, 2.75) is 20.5 Å². The molecule has 4 aromatic rings. The molecule has 0 aliphatic carbocycles. The Balaban J connectivity index is 1.48. The van der Waals surface area contributed by atoms with E-state index in [-0.39, 0.29) is 0 Å². The van der Waals surface area contributed by atoms with Crippen molar-refractivity contribution in [3.63, 3.8) is 0 Å². The molecule has 1 heterocycles. The van der Waals surface area contributed by atoms with Crippen molar-refractivity contribution in [2.24, 2.45) is 5.10 Å². The molecule has 0 saturated heterocycles. The van der Waals surface area contributed by atoms with Gasteiger partial charge in [-0.1, -0.05) is 42.5 Å². The number of aryl methyl sites for hydroxylation is 2.